The van der Waals surface area contributed by atoms with Crippen LogP contribution in [-0.2, 0) is 4.79 Å². The predicted molar refractivity (Wildman–Crippen MR) is 64.9 cm³/mol. The second-order valence-corrected chi connectivity index (χ2v) is 4.12. The first kappa shape index (κ1) is 12.4. The van der Waals surface area contributed by atoms with Gasteiger partial charge in [-0.15, -0.1) is 11.8 Å². The quantitative estimate of drug-likeness (QED) is 0.467. The van der Waals surface area contributed by atoms with Crippen molar-refractivity contribution in [3.05, 3.63) is 30.4 Å². The predicted octanol–water partition coefficient (Wildman–Crippen LogP) is 2.01. The van der Waals surface area contributed by atoms with Gasteiger partial charge in [0.15, 0.2) is 0 Å². The van der Waals surface area contributed by atoms with E-state index in [0.29, 0.717) is 17.2 Å². The molecule has 0 aromatic heterocycles. The number of ether oxygens (including phenoxy) is 1. The number of rotatable bonds is 5. The highest BCUT2D eigenvalue weighted by Crippen LogP contribution is 2.31. The van der Waals surface area contributed by atoms with E-state index < -0.39 is 5.97 Å². The molecule has 16 heavy (non-hydrogen) atoms. The molecule has 0 heterocycles. The summed E-state index contributed by atoms with van der Waals surface area (Å²) in [6.07, 6.45) is 0. The van der Waals surface area contributed by atoms with Crippen molar-refractivity contribution in [1.82, 2.24) is 0 Å². The molecule has 1 rings (SSSR count). The summed E-state index contributed by atoms with van der Waals surface area (Å²) in [4.78, 5) is 11.4. The van der Waals surface area contributed by atoms with E-state index in [1.807, 2.05) is 0 Å². The van der Waals surface area contributed by atoms with Gasteiger partial charge < -0.3 is 15.6 Å². The van der Waals surface area contributed by atoms with Gasteiger partial charge >= 0.3 is 5.97 Å². The Bertz CT molecular complexity index is 418. The number of hydrogen-bond acceptors (Lipinski definition) is 4. The van der Waals surface area contributed by atoms with Crippen molar-refractivity contribution < 1.29 is 14.6 Å². The van der Waals surface area contributed by atoms with Crippen molar-refractivity contribution in [2.24, 2.45) is 0 Å². The summed E-state index contributed by atoms with van der Waals surface area (Å²) in [6.45, 7) is 3.46. The second kappa shape index (κ2) is 5.46. The third kappa shape index (κ3) is 3.20. The molecule has 0 radical (unpaired) electrons. The van der Waals surface area contributed by atoms with E-state index >= 15 is 0 Å². The van der Waals surface area contributed by atoms with E-state index in [1.165, 1.54) is 11.8 Å². The van der Waals surface area contributed by atoms with Crippen molar-refractivity contribution in [2.45, 2.75) is 4.90 Å². The Morgan fingerprint density at radius 2 is 2.31 bits per heavy atom. The van der Waals surface area contributed by atoms with Crippen LogP contribution in [0.4, 0.5) is 5.69 Å². The molecule has 0 unspecified atom stereocenters. The van der Waals surface area contributed by atoms with Crippen LogP contribution in [0.3, 0.4) is 0 Å². The molecule has 1 aromatic carbocycles. The van der Waals surface area contributed by atoms with Gasteiger partial charge in [0.25, 0.3) is 0 Å². The van der Waals surface area contributed by atoms with Gasteiger partial charge in [0, 0.05) is 28.0 Å². The van der Waals surface area contributed by atoms with Gasteiger partial charge in [-0.2, -0.15) is 0 Å². The van der Waals surface area contributed by atoms with Crippen molar-refractivity contribution in [1.29, 1.82) is 0 Å². The van der Waals surface area contributed by atoms with Crippen LogP contribution >= 0.6 is 11.8 Å². The molecular weight excluding hydrogens is 226 g/mol. The van der Waals surface area contributed by atoms with Crippen LogP contribution in [0.25, 0.3) is 0 Å². The van der Waals surface area contributed by atoms with Crippen LogP contribution in [0.5, 0.6) is 5.75 Å². The summed E-state index contributed by atoms with van der Waals surface area (Å²) >= 11 is 1.36. The minimum Gasteiger partial charge on any atom is -0.496 e. The number of hydrogen-bond donors (Lipinski definition) is 2. The minimum atomic E-state index is -0.984. The lowest BCUT2D eigenvalue weighted by Crippen LogP contribution is -2.01. The highest BCUT2D eigenvalue weighted by atomic mass is 32.2. The molecule has 3 N–H and O–H groups in total. The number of nitrogens with two attached hydrogens (primary N) is 1. The number of nitrogen functional groups attached to an aromatic ring is 1. The Morgan fingerprint density at radius 3 is 2.88 bits per heavy atom. The fourth-order valence-electron chi connectivity index (χ4n) is 1.03. The SMILES string of the molecule is C=C(CSc1ccc(N)cc1OC)C(=O)O. The standard InChI is InChI=1S/C11H13NO3S/c1-7(11(13)14)6-16-10-4-3-8(12)5-9(10)15-2/h3-5H,1,6,12H2,2H3,(H,13,14). The minimum absolute atomic E-state index is 0.156. The number of carbonyl (C=O) groups is 1. The largest absolute Gasteiger partial charge is 0.496 e. The average molecular weight is 239 g/mol. The highest BCUT2D eigenvalue weighted by Gasteiger charge is 2.08. The van der Waals surface area contributed by atoms with Crippen molar-refractivity contribution in [3.63, 3.8) is 0 Å². The van der Waals surface area contributed by atoms with E-state index in [4.69, 9.17) is 15.6 Å². The lowest BCUT2D eigenvalue weighted by atomic mass is 10.3. The van der Waals surface area contributed by atoms with Gasteiger partial charge in [-0.25, -0.2) is 4.79 Å². The average Bonchev–Trinajstić information content (AvgIpc) is 2.26. The zero-order valence-corrected chi connectivity index (χ0v) is 9.71. The van der Waals surface area contributed by atoms with Gasteiger partial charge in [-0.05, 0) is 12.1 Å². The van der Waals surface area contributed by atoms with Crippen molar-refractivity contribution >= 4 is 23.4 Å². The Kier molecular flexibility index (Phi) is 4.25. The maximum absolute atomic E-state index is 10.6. The van der Waals surface area contributed by atoms with Gasteiger partial charge in [0.1, 0.15) is 5.75 Å². The number of benzene rings is 1. The maximum Gasteiger partial charge on any atom is 0.331 e. The summed E-state index contributed by atoms with van der Waals surface area (Å²) in [7, 11) is 1.55. The van der Waals surface area contributed by atoms with E-state index in [1.54, 1.807) is 25.3 Å². The molecule has 0 spiro atoms. The zero-order chi connectivity index (χ0) is 12.1. The number of carboxylic acids is 1. The van der Waals surface area contributed by atoms with Gasteiger partial charge in [-0.1, -0.05) is 6.58 Å². The summed E-state index contributed by atoms with van der Waals surface area (Å²) in [5, 5.41) is 8.67. The number of anilines is 1. The first-order valence-corrected chi connectivity index (χ1v) is 5.50. The lowest BCUT2D eigenvalue weighted by Gasteiger charge is -2.08. The molecule has 0 aliphatic carbocycles. The number of carboxylic acid groups (broad SMARTS) is 1. The molecular formula is C11H13NO3S. The van der Waals surface area contributed by atoms with Crippen LogP contribution in [0.2, 0.25) is 0 Å². The first-order chi connectivity index (χ1) is 7.54. The Balaban J connectivity index is 2.74. The number of thioether (sulfide) groups is 1. The molecule has 4 nitrogen and oxygen atoms in total. The van der Waals surface area contributed by atoms with Gasteiger partial charge in [0.2, 0.25) is 0 Å². The molecule has 1 aromatic rings. The van der Waals surface area contributed by atoms with Gasteiger partial charge in [0.05, 0.1) is 7.11 Å². The second-order valence-electron chi connectivity index (χ2n) is 3.11. The molecule has 86 valence electrons. The molecule has 0 aliphatic rings. The Labute approximate surface area is 98.1 Å². The first-order valence-electron chi connectivity index (χ1n) is 4.52. The zero-order valence-electron chi connectivity index (χ0n) is 8.90. The number of methoxy groups -OCH3 is 1. The fourth-order valence-corrected chi connectivity index (χ4v) is 1.93. The van der Waals surface area contributed by atoms with E-state index in [0.717, 1.165) is 4.90 Å². The van der Waals surface area contributed by atoms with Crippen molar-refractivity contribution in [2.75, 3.05) is 18.6 Å². The third-order valence-electron chi connectivity index (χ3n) is 1.89. The molecule has 0 amide bonds. The van der Waals surface area contributed by atoms with Crippen LogP contribution in [0.1, 0.15) is 0 Å². The molecule has 0 atom stereocenters. The summed E-state index contributed by atoms with van der Waals surface area (Å²) in [5.41, 5.74) is 6.37. The highest BCUT2D eigenvalue weighted by molar-refractivity contribution is 7.99. The molecule has 0 saturated heterocycles. The van der Waals surface area contributed by atoms with Gasteiger partial charge in [-0.3, -0.25) is 0 Å². The van der Waals surface area contributed by atoms with E-state index in [-0.39, 0.29) is 5.57 Å². The fraction of sp³-hybridized carbons (Fsp3) is 0.182. The Hall–Kier alpha value is -1.62. The van der Waals surface area contributed by atoms with Crippen LogP contribution in [-0.4, -0.2) is 23.9 Å². The van der Waals surface area contributed by atoms with Crippen LogP contribution in [0, 0.1) is 0 Å². The lowest BCUT2D eigenvalue weighted by molar-refractivity contribution is -0.132. The van der Waals surface area contributed by atoms with E-state index in [2.05, 4.69) is 6.58 Å². The van der Waals surface area contributed by atoms with Crippen LogP contribution < -0.4 is 10.5 Å². The summed E-state index contributed by atoms with van der Waals surface area (Å²) in [6, 6.07) is 5.24. The summed E-state index contributed by atoms with van der Waals surface area (Å²) < 4.78 is 5.14. The maximum atomic E-state index is 10.6. The molecule has 0 aliphatic heterocycles. The van der Waals surface area contributed by atoms with Crippen LogP contribution in [0.15, 0.2) is 35.2 Å². The Morgan fingerprint density at radius 1 is 1.62 bits per heavy atom. The molecule has 0 saturated carbocycles. The normalized spacial score (nSPS) is 9.81. The molecule has 5 heteroatoms. The van der Waals surface area contributed by atoms with E-state index in [9.17, 15) is 4.79 Å². The molecule has 0 fully saturated rings. The van der Waals surface area contributed by atoms with Crippen molar-refractivity contribution in [3.8, 4) is 5.75 Å². The summed E-state index contributed by atoms with van der Waals surface area (Å²) in [5.74, 6) is -0.0274. The topological polar surface area (TPSA) is 72.5 Å². The smallest absolute Gasteiger partial charge is 0.331 e. The number of aliphatic carboxylic acids is 1. The molecule has 0 bridgehead atoms. The third-order valence-corrected chi connectivity index (χ3v) is 3.03. The monoisotopic (exact) mass is 239 g/mol.